The number of carbonyl (C=O) groups is 2. The molecule has 0 radical (unpaired) electrons. The third-order valence-electron chi connectivity index (χ3n) is 3.97. The van der Waals surface area contributed by atoms with E-state index in [4.69, 9.17) is 0 Å². The quantitative estimate of drug-likeness (QED) is 0.659. The standard InChI is InChI=1S/C19H14F3NO2/c20-19(21,22)15-3-1-2-13(11-15)17(24)6-7-18(25)14-4-5-16-12(10-14)8-9-23-16/h1-5,8-11,23H,6-7H2. The number of aromatic nitrogens is 1. The smallest absolute Gasteiger partial charge is 0.361 e. The van der Waals surface area contributed by atoms with Crippen LogP contribution >= 0.6 is 0 Å². The lowest BCUT2D eigenvalue weighted by atomic mass is 9.99. The van der Waals surface area contributed by atoms with Gasteiger partial charge in [-0.2, -0.15) is 13.2 Å². The molecule has 1 N–H and O–H groups in total. The van der Waals surface area contributed by atoms with Gasteiger partial charge in [-0.05, 0) is 36.4 Å². The van der Waals surface area contributed by atoms with Crippen molar-refractivity contribution >= 4 is 22.5 Å². The van der Waals surface area contributed by atoms with E-state index in [0.717, 1.165) is 23.0 Å². The fourth-order valence-corrected chi connectivity index (χ4v) is 2.61. The maximum Gasteiger partial charge on any atom is 0.416 e. The Kier molecular flexibility index (Phi) is 4.44. The van der Waals surface area contributed by atoms with E-state index >= 15 is 0 Å². The van der Waals surface area contributed by atoms with Crippen molar-refractivity contribution in [3.05, 3.63) is 71.4 Å². The van der Waals surface area contributed by atoms with Crippen LogP contribution in [0.4, 0.5) is 13.2 Å². The van der Waals surface area contributed by atoms with Crippen LogP contribution in [0.3, 0.4) is 0 Å². The summed E-state index contributed by atoms with van der Waals surface area (Å²) in [6.07, 6.45) is -2.93. The largest absolute Gasteiger partial charge is 0.416 e. The van der Waals surface area contributed by atoms with Crippen molar-refractivity contribution in [3.8, 4) is 0 Å². The molecular weight excluding hydrogens is 331 g/mol. The number of Topliss-reactive ketones (excluding diaryl/α,β-unsaturated/α-hetero) is 2. The molecule has 0 fully saturated rings. The zero-order chi connectivity index (χ0) is 18.0. The molecule has 3 aromatic rings. The van der Waals surface area contributed by atoms with E-state index < -0.39 is 17.5 Å². The average Bonchev–Trinajstić information content (AvgIpc) is 3.06. The molecular formula is C19H14F3NO2. The number of halogens is 3. The molecule has 128 valence electrons. The summed E-state index contributed by atoms with van der Waals surface area (Å²) in [6.45, 7) is 0. The van der Waals surface area contributed by atoms with E-state index in [9.17, 15) is 22.8 Å². The highest BCUT2D eigenvalue weighted by molar-refractivity contribution is 6.03. The number of aromatic amines is 1. The average molecular weight is 345 g/mol. The van der Waals surface area contributed by atoms with Crippen LogP contribution < -0.4 is 0 Å². The van der Waals surface area contributed by atoms with Crippen molar-refractivity contribution in [3.63, 3.8) is 0 Å². The number of hydrogen-bond donors (Lipinski definition) is 1. The Labute approximate surface area is 141 Å². The number of benzene rings is 2. The number of H-pyrrole nitrogens is 1. The third-order valence-corrected chi connectivity index (χ3v) is 3.97. The van der Waals surface area contributed by atoms with Crippen molar-refractivity contribution in [1.82, 2.24) is 4.98 Å². The third kappa shape index (κ3) is 3.79. The molecule has 3 rings (SSSR count). The second-order valence-corrected chi connectivity index (χ2v) is 5.70. The first kappa shape index (κ1) is 17.0. The zero-order valence-corrected chi connectivity index (χ0v) is 13.1. The Hall–Kier alpha value is -2.89. The van der Waals surface area contributed by atoms with Crippen molar-refractivity contribution in [2.45, 2.75) is 19.0 Å². The van der Waals surface area contributed by atoms with E-state index in [1.54, 1.807) is 24.4 Å². The first-order valence-electron chi connectivity index (χ1n) is 7.65. The molecule has 0 amide bonds. The van der Waals surface area contributed by atoms with Gasteiger partial charge in [-0.25, -0.2) is 0 Å². The molecule has 0 saturated carbocycles. The number of rotatable bonds is 5. The van der Waals surface area contributed by atoms with Gasteiger partial charge in [-0.15, -0.1) is 0 Å². The van der Waals surface area contributed by atoms with Crippen molar-refractivity contribution < 1.29 is 22.8 Å². The molecule has 1 aromatic heterocycles. The van der Waals surface area contributed by atoms with Gasteiger partial charge in [-0.3, -0.25) is 9.59 Å². The number of hydrogen-bond acceptors (Lipinski definition) is 2. The number of fused-ring (bicyclic) bond motifs is 1. The van der Waals surface area contributed by atoms with Gasteiger partial charge in [0.15, 0.2) is 11.6 Å². The van der Waals surface area contributed by atoms with E-state index in [2.05, 4.69) is 4.98 Å². The van der Waals surface area contributed by atoms with E-state index in [1.165, 1.54) is 12.1 Å². The summed E-state index contributed by atoms with van der Waals surface area (Å²) in [6, 6.07) is 11.2. The van der Waals surface area contributed by atoms with Gasteiger partial charge >= 0.3 is 6.18 Å². The Balaban J connectivity index is 1.68. The van der Waals surface area contributed by atoms with Gasteiger partial charge in [0.25, 0.3) is 0 Å². The first-order chi connectivity index (χ1) is 11.8. The molecule has 6 heteroatoms. The molecule has 0 saturated heterocycles. The Bertz CT molecular complexity index is 941. The second-order valence-electron chi connectivity index (χ2n) is 5.70. The second kappa shape index (κ2) is 6.55. The summed E-state index contributed by atoms with van der Waals surface area (Å²) >= 11 is 0. The lowest BCUT2D eigenvalue weighted by molar-refractivity contribution is -0.137. The summed E-state index contributed by atoms with van der Waals surface area (Å²) in [5.41, 5.74) is 0.465. The fraction of sp³-hybridized carbons (Fsp3) is 0.158. The molecule has 0 aliphatic rings. The van der Waals surface area contributed by atoms with Crippen LogP contribution in [0.15, 0.2) is 54.7 Å². The van der Waals surface area contributed by atoms with E-state index in [-0.39, 0.29) is 24.2 Å². The SMILES string of the molecule is O=C(CCC(=O)c1ccc2[nH]ccc2c1)c1cccc(C(F)(F)F)c1. The van der Waals surface area contributed by atoms with Gasteiger partial charge in [0, 0.05) is 41.1 Å². The summed E-state index contributed by atoms with van der Waals surface area (Å²) in [7, 11) is 0. The molecule has 0 aliphatic carbocycles. The summed E-state index contributed by atoms with van der Waals surface area (Å²) in [4.78, 5) is 27.4. The van der Waals surface area contributed by atoms with E-state index in [1.807, 2.05) is 6.07 Å². The van der Waals surface area contributed by atoms with Gasteiger partial charge in [0.1, 0.15) is 0 Å². The van der Waals surface area contributed by atoms with Crippen molar-refractivity contribution in [2.75, 3.05) is 0 Å². The minimum absolute atomic E-state index is 0.0382. The lowest BCUT2D eigenvalue weighted by Gasteiger charge is -2.08. The molecule has 0 atom stereocenters. The van der Waals surface area contributed by atoms with Gasteiger partial charge in [0.05, 0.1) is 5.56 Å². The first-order valence-corrected chi connectivity index (χ1v) is 7.65. The summed E-state index contributed by atoms with van der Waals surface area (Å²) in [5, 5.41) is 0.884. The maximum atomic E-state index is 12.7. The monoisotopic (exact) mass is 345 g/mol. The normalized spacial score (nSPS) is 11.6. The number of nitrogens with one attached hydrogen (secondary N) is 1. The topological polar surface area (TPSA) is 49.9 Å². The molecule has 3 nitrogen and oxygen atoms in total. The molecule has 0 unspecified atom stereocenters. The summed E-state index contributed by atoms with van der Waals surface area (Å²) in [5.74, 6) is -0.703. The fourth-order valence-electron chi connectivity index (χ4n) is 2.61. The van der Waals surface area contributed by atoms with Crippen LogP contribution in [0, 0.1) is 0 Å². The minimum Gasteiger partial charge on any atom is -0.361 e. The Morgan fingerprint density at radius 2 is 1.56 bits per heavy atom. The minimum atomic E-state index is -4.50. The highest BCUT2D eigenvalue weighted by Gasteiger charge is 2.30. The molecule has 25 heavy (non-hydrogen) atoms. The van der Waals surface area contributed by atoms with Crippen LogP contribution in [0.2, 0.25) is 0 Å². The van der Waals surface area contributed by atoms with Crippen LogP contribution in [0.1, 0.15) is 39.1 Å². The van der Waals surface area contributed by atoms with Crippen molar-refractivity contribution in [1.29, 1.82) is 0 Å². The van der Waals surface area contributed by atoms with Crippen LogP contribution in [0.5, 0.6) is 0 Å². The zero-order valence-electron chi connectivity index (χ0n) is 13.1. The predicted octanol–water partition coefficient (Wildman–Crippen LogP) is 5.03. The van der Waals surface area contributed by atoms with Gasteiger partial charge in [0.2, 0.25) is 0 Å². The molecule has 0 bridgehead atoms. The van der Waals surface area contributed by atoms with E-state index in [0.29, 0.717) is 5.56 Å². The highest BCUT2D eigenvalue weighted by Crippen LogP contribution is 2.29. The molecule has 0 spiro atoms. The lowest BCUT2D eigenvalue weighted by Crippen LogP contribution is -2.09. The van der Waals surface area contributed by atoms with Crippen LogP contribution in [0.25, 0.3) is 10.9 Å². The Morgan fingerprint density at radius 3 is 2.24 bits per heavy atom. The highest BCUT2D eigenvalue weighted by atomic mass is 19.4. The Morgan fingerprint density at radius 1 is 0.880 bits per heavy atom. The van der Waals surface area contributed by atoms with Gasteiger partial charge in [-0.1, -0.05) is 12.1 Å². The van der Waals surface area contributed by atoms with Gasteiger partial charge < -0.3 is 4.98 Å². The maximum absolute atomic E-state index is 12.7. The van der Waals surface area contributed by atoms with Crippen LogP contribution in [-0.2, 0) is 6.18 Å². The number of ketones is 2. The molecule has 0 aliphatic heterocycles. The van der Waals surface area contributed by atoms with Crippen molar-refractivity contribution in [2.24, 2.45) is 0 Å². The molecule has 1 heterocycles. The van der Waals surface area contributed by atoms with Crippen LogP contribution in [-0.4, -0.2) is 16.6 Å². The predicted molar refractivity (Wildman–Crippen MR) is 87.6 cm³/mol. The molecule has 2 aromatic carbocycles. The summed E-state index contributed by atoms with van der Waals surface area (Å²) < 4.78 is 38.1. The number of carbonyl (C=O) groups excluding carboxylic acids is 2. The number of alkyl halides is 3.